The Morgan fingerprint density at radius 2 is 1.88 bits per heavy atom. The van der Waals surface area contributed by atoms with E-state index in [9.17, 15) is 9.59 Å². The molecule has 1 amide bonds. The van der Waals surface area contributed by atoms with E-state index in [1.807, 2.05) is 12.1 Å². The summed E-state index contributed by atoms with van der Waals surface area (Å²) in [6.45, 7) is 0. The molecule has 0 saturated heterocycles. The van der Waals surface area contributed by atoms with E-state index >= 15 is 0 Å². The van der Waals surface area contributed by atoms with E-state index < -0.39 is 0 Å². The molecule has 0 aromatic heterocycles. The number of amides is 1. The number of carbonyl (C=O) groups is 2. The molecule has 1 aromatic carbocycles. The Hall–Kier alpha value is -1.84. The number of methoxy groups -OCH3 is 1. The molecular formula is C12H15NO3. The third-order valence-electron chi connectivity index (χ3n) is 2.29. The van der Waals surface area contributed by atoms with Crippen LogP contribution in [0.1, 0.15) is 22.3 Å². The van der Waals surface area contributed by atoms with Gasteiger partial charge in [0.1, 0.15) is 0 Å². The first-order chi connectivity index (χ1) is 7.67. The summed E-state index contributed by atoms with van der Waals surface area (Å²) < 4.78 is 4.59. The van der Waals surface area contributed by atoms with Crippen molar-refractivity contribution in [2.24, 2.45) is 0 Å². The first kappa shape index (κ1) is 12.2. The fourth-order valence-corrected chi connectivity index (χ4v) is 1.31. The smallest absolute Gasteiger partial charge is 0.337 e. The molecule has 16 heavy (non-hydrogen) atoms. The summed E-state index contributed by atoms with van der Waals surface area (Å²) in [6.07, 6.45) is 1.12. The first-order valence-corrected chi connectivity index (χ1v) is 5.05. The van der Waals surface area contributed by atoms with Gasteiger partial charge in [0.15, 0.2) is 0 Å². The van der Waals surface area contributed by atoms with Crippen molar-refractivity contribution in [3.63, 3.8) is 0 Å². The summed E-state index contributed by atoms with van der Waals surface area (Å²) in [5, 5.41) is 2.56. The van der Waals surface area contributed by atoms with Crippen LogP contribution >= 0.6 is 0 Å². The van der Waals surface area contributed by atoms with E-state index in [0.29, 0.717) is 18.4 Å². The van der Waals surface area contributed by atoms with Gasteiger partial charge in [0.25, 0.3) is 0 Å². The maximum Gasteiger partial charge on any atom is 0.337 e. The molecule has 0 unspecified atom stereocenters. The number of rotatable bonds is 4. The molecular weight excluding hydrogens is 206 g/mol. The molecule has 0 aliphatic heterocycles. The minimum Gasteiger partial charge on any atom is -0.465 e. The van der Waals surface area contributed by atoms with Gasteiger partial charge in [0, 0.05) is 13.5 Å². The van der Waals surface area contributed by atoms with Gasteiger partial charge in [-0.3, -0.25) is 4.79 Å². The number of hydrogen-bond acceptors (Lipinski definition) is 3. The second-order valence-corrected chi connectivity index (χ2v) is 3.36. The summed E-state index contributed by atoms with van der Waals surface area (Å²) in [5.74, 6) is -0.338. The molecule has 86 valence electrons. The number of aryl methyl sites for hydroxylation is 1. The second kappa shape index (κ2) is 5.90. The van der Waals surface area contributed by atoms with Gasteiger partial charge in [-0.2, -0.15) is 0 Å². The minimum absolute atomic E-state index is 0.0112. The summed E-state index contributed by atoms with van der Waals surface area (Å²) in [5.41, 5.74) is 1.54. The maximum atomic E-state index is 11.2. The van der Waals surface area contributed by atoms with Crippen LogP contribution < -0.4 is 5.32 Å². The molecule has 0 heterocycles. The van der Waals surface area contributed by atoms with Gasteiger partial charge in [0.2, 0.25) is 5.91 Å². The van der Waals surface area contributed by atoms with Crippen molar-refractivity contribution in [2.45, 2.75) is 12.8 Å². The fraction of sp³-hybridized carbons (Fsp3) is 0.333. The van der Waals surface area contributed by atoms with E-state index in [4.69, 9.17) is 0 Å². The van der Waals surface area contributed by atoms with Crippen LogP contribution in [-0.4, -0.2) is 26.0 Å². The van der Waals surface area contributed by atoms with Crippen molar-refractivity contribution in [1.82, 2.24) is 5.32 Å². The van der Waals surface area contributed by atoms with Crippen molar-refractivity contribution in [3.05, 3.63) is 35.4 Å². The van der Waals surface area contributed by atoms with Gasteiger partial charge in [-0.25, -0.2) is 4.79 Å². The molecule has 4 nitrogen and oxygen atoms in total. The molecule has 0 radical (unpaired) electrons. The van der Waals surface area contributed by atoms with Gasteiger partial charge in [0.05, 0.1) is 12.7 Å². The Morgan fingerprint density at radius 3 is 2.38 bits per heavy atom. The van der Waals surface area contributed by atoms with E-state index in [1.165, 1.54) is 7.11 Å². The highest BCUT2D eigenvalue weighted by Gasteiger charge is 2.05. The lowest BCUT2D eigenvalue weighted by molar-refractivity contribution is -0.120. The highest BCUT2D eigenvalue weighted by Crippen LogP contribution is 2.07. The molecule has 4 heteroatoms. The first-order valence-electron chi connectivity index (χ1n) is 5.05. The maximum absolute atomic E-state index is 11.2. The minimum atomic E-state index is -0.349. The van der Waals surface area contributed by atoms with Crippen LogP contribution in [0.2, 0.25) is 0 Å². The van der Waals surface area contributed by atoms with Crippen LogP contribution in [0.5, 0.6) is 0 Å². The zero-order chi connectivity index (χ0) is 12.0. The SMILES string of the molecule is CNC(=O)CCc1ccc(C(=O)OC)cc1. The molecule has 0 aliphatic carbocycles. The molecule has 0 aliphatic rings. The van der Waals surface area contributed by atoms with Crippen molar-refractivity contribution < 1.29 is 14.3 Å². The fourth-order valence-electron chi connectivity index (χ4n) is 1.31. The predicted molar refractivity (Wildman–Crippen MR) is 60.2 cm³/mol. The lowest BCUT2D eigenvalue weighted by Gasteiger charge is -2.02. The van der Waals surface area contributed by atoms with Crippen molar-refractivity contribution in [3.8, 4) is 0 Å². The van der Waals surface area contributed by atoms with E-state index in [0.717, 1.165) is 5.56 Å². The van der Waals surface area contributed by atoms with Crippen molar-refractivity contribution in [1.29, 1.82) is 0 Å². The van der Waals surface area contributed by atoms with Crippen molar-refractivity contribution in [2.75, 3.05) is 14.2 Å². The molecule has 1 rings (SSSR count). The summed E-state index contributed by atoms with van der Waals surface area (Å²) in [6, 6.07) is 7.06. The van der Waals surface area contributed by atoms with E-state index in [1.54, 1.807) is 19.2 Å². The van der Waals surface area contributed by atoms with Gasteiger partial charge in [-0.15, -0.1) is 0 Å². The van der Waals surface area contributed by atoms with Crippen LogP contribution in [0.15, 0.2) is 24.3 Å². The highest BCUT2D eigenvalue weighted by molar-refractivity contribution is 5.89. The molecule has 1 aromatic rings. The average molecular weight is 221 g/mol. The quantitative estimate of drug-likeness (QED) is 0.776. The monoisotopic (exact) mass is 221 g/mol. The van der Waals surface area contributed by atoms with Crippen LogP contribution in [0.25, 0.3) is 0 Å². The van der Waals surface area contributed by atoms with Gasteiger partial charge < -0.3 is 10.1 Å². The molecule has 0 atom stereocenters. The zero-order valence-electron chi connectivity index (χ0n) is 9.45. The Balaban J connectivity index is 2.58. The van der Waals surface area contributed by atoms with Crippen LogP contribution in [-0.2, 0) is 16.0 Å². The van der Waals surface area contributed by atoms with Crippen molar-refractivity contribution >= 4 is 11.9 Å². The lowest BCUT2D eigenvalue weighted by atomic mass is 10.1. The molecule has 0 fully saturated rings. The second-order valence-electron chi connectivity index (χ2n) is 3.36. The zero-order valence-corrected chi connectivity index (χ0v) is 9.45. The molecule has 0 saturated carbocycles. The standard InChI is InChI=1S/C12H15NO3/c1-13-11(14)8-5-9-3-6-10(7-4-9)12(15)16-2/h3-4,6-7H,5,8H2,1-2H3,(H,13,14). The average Bonchev–Trinajstić information content (AvgIpc) is 2.35. The van der Waals surface area contributed by atoms with Crippen LogP contribution in [0.4, 0.5) is 0 Å². The number of benzene rings is 1. The van der Waals surface area contributed by atoms with E-state index in [-0.39, 0.29) is 11.9 Å². The third-order valence-corrected chi connectivity index (χ3v) is 2.29. The number of ether oxygens (including phenoxy) is 1. The predicted octanol–water partition coefficient (Wildman–Crippen LogP) is 1.15. The van der Waals surface area contributed by atoms with Crippen LogP contribution in [0.3, 0.4) is 0 Å². The van der Waals surface area contributed by atoms with Crippen LogP contribution in [0, 0.1) is 0 Å². The Kier molecular flexibility index (Phi) is 4.51. The normalized spacial score (nSPS) is 9.62. The number of hydrogen-bond donors (Lipinski definition) is 1. The third kappa shape index (κ3) is 3.38. The lowest BCUT2D eigenvalue weighted by Crippen LogP contribution is -2.17. The van der Waals surface area contributed by atoms with Gasteiger partial charge in [-0.1, -0.05) is 12.1 Å². The van der Waals surface area contributed by atoms with E-state index in [2.05, 4.69) is 10.1 Å². The number of esters is 1. The highest BCUT2D eigenvalue weighted by atomic mass is 16.5. The Bertz CT molecular complexity index is 370. The summed E-state index contributed by atoms with van der Waals surface area (Å²) >= 11 is 0. The topological polar surface area (TPSA) is 55.4 Å². The molecule has 0 bridgehead atoms. The molecule has 0 spiro atoms. The molecule has 1 N–H and O–H groups in total. The largest absolute Gasteiger partial charge is 0.465 e. The van der Waals surface area contributed by atoms with Gasteiger partial charge >= 0.3 is 5.97 Å². The number of nitrogens with one attached hydrogen (secondary N) is 1. The van der Waals surface area contributed by atoms with Gasteiger partial charge in [-0.05, 0) is 24.1 Å². The summed E-state index contributed by atoms with van der Waals surface area (Å²) in [4.78, 5) is 22.2. The Morgan fingerprint density at radius 1 is 1.25 bits per heavy atom. The Labute approximate surface area is 94.6 Å². The summed E-state index contributed by atoms with van der Waals surface area (Å²) in [7, 11) is 2.96. The number of carbonyl (C=O) groups excluding carboxylic acids is 2.